The molecule has 0 aromatic heterocycles. The normalized spacial score (nSPS) is 13.6. The maximum absolute atomic E-state index is 6.57. The molecule has 21 heavy (non-hydrogen) atoms. The first kappa shape index (κ1) is 15.9. The van der Waals surface area contributed by atoms with Gasteiger partial charge in [-0.05, 0) is 43.2 Å². The fourth-order valence-corrected chi connectivity index (χ4v) is 2.90. The maximum Gasteiger partial charge on any atom is 0.123 e. The average Bonchev–Trinajstić information content (AvgIpc) is 2.47. The minimum Gasteiger partial charge on any atom is -0.496 e. The van der Waals surface area contributed by atoms with Gasteiger partial charge >= 0.3 is 0 Å². The molecule has 0 bridgehead atoms. The summed E-state index contributed by atoms with van der Waals surface area (Å²) in [5.74, 6) is 1.64. The Kier molecular flexibility index (Phi) is 4.91. The van der Waals surface area contributed by atoms with Crippen LogP contribution >= 0.6 is 15.9 Å². The molecule has 1 unspecified atom stereocenters. The SMILES string of the molecule is COc1ccc(Br)cc1CC(C)(N)c1ccccc1OC. The Bertz CT molecular complexity index is 626. The standard InChI is InChI=1S/C17H20BrNO2/c1-17(19,14-6-4-5-7-16(14)21-3)11-12-10-13(18)8-9-15(12)20-2/h4-10H,11,19H2,1-3H3. The van der Waals surface area contributed by atoms with Gasteiger partial charge in [0.05, 0.1) is 14.2 Å². The predicted molar refractivity (Wildman–Crippen MR) is 88.9 cm³/mol. The molecule has 0 radical (unpaired) electrons. The van der Waals surface area contributed by atoms with Crippen molar-refractivity contribution in [2.45, 2.75) is 18.9 Å². The van der Waals surface area contributed by atoms with E-state index in [4.69, 9.17) is 15.2 Å². The van der Waals surface area contributed by atoms with Crippen molar-refractivity contribution in [2.75, 3.05) is 14.2 Å². The average molecular weight is 350 g/mol. The van der Waals surface area contributed by atoms with Gasteiger partial charge in [0.2, 0.25) is 0 Å². The Morgan fingerprint density at radius 1 is 1.05 bits per heavy atom. The van der Waals surface area contributed by atoms with Crippen molar-refractivity contribution in [1.29, 1.82) is 0 Å². The molecule has 0 aliphatic carbocycles. The van der Waals surface area contributed by atoms with Gasteiger partial charge in [-0.25, -0.2) is 0 Å². The lowest BCUT2D eigenvalue weighted by molar-refractivity contribution is 0.378. The third-order valence-electron chi connectivity index (χ3n) is 3.52. The van der Waals surface area contributed by atoms with Crippen LogP contribution in [0.5, 0.6) is 11.5 Å². The van der Waals surface area contributed by atoms with E-state index < -0.39 is 5.54 Å². The zero-order valence-corrected chi connectivity index (χ0v) is 14.1. The van der Waals surface area contributed by atoms with E-state index in [0.29, 0.717) is 6.42 Å². The van der Waals surface area contributed by atoms with E-state index in [1.807, 2.05) is 49.4 Å². The van der Waals surface area contributed by atoms with Crippen molar-refractivity contribution in [3.8, 4) is 11.5 Å². The molecule has 2 N–H and O–H groups in total. The van der Waals surface area contributed by atoms with Crippen LogP contribution < -0.4 is 15.2 Å². The van der Waals surface area contributed by atoms with E-state index in [1.165, 1.54) is 0 Å². The highest BCUT2D eigenvalue weighted by molar-refractivity contribution is 9.10. The van der Waals surface area contributed by atoms with E-state index in [-0.39, 0.29) is 0 Å². The molecule has 0 fully saturated rings. The maximum atomic E-state index is 6.57. The van der Waals surface area contributed by atoms with Crippen LogP contribution in [0.3, 0.4) is 0 Å². The summed E-state index contributed by atoms with van der Waals surface area (Å²) in [6, 6.07) is 13.8. The number of benzene rings is 2. The lowest BCUT2D eigenvalue weighted by atomic mass is 9.85. The molecule has 0 saturated carbocycles. The van der Waals surface area contributed by atoms with Gasteiger partial charge in [-0.15, -0.1) is 0 Å². The summed E-state index contributed by atoms with van der Waals surface area (Å²) >= 11 is 3.50. The molecule has 0 amide bonds. The number of halogens is 1. The number of nitrogens with two attached hydrogens (primary N) is 1. The lowest BCUT2D eigenvalue weighted by Gasteiger charge is -2.28. The number of ether oxygens (including phenoxy) is 2. The molecule has 0 saturated heterocycles. The van der Waals surface area contributed by atoms with Gasteiger partial charge in [-0.2, -0.15) is 0 Å². The second-order valence-corrected chi connectivity index (χ2v) is 6.17. The van der Waals surface area contributed by atoms with Crippen LogP contribution in [-0.4, -0.2) is 14.2 Å². The highest BCUT2D eigenvalue weighted by Crippen LogP contribution is 2.34. The smallest absolute Gasteiger partial charge is 0.123 e. The van der Waals surface area contributed by atoms with E-state index in [1.54, 1.807) is 14.2 Å². The molecule has 4 heteroatoms. The molecule has 2 aromatic carbocycles. The summed E-state index contributed by atoms with van der Waals surface area (Å²) < 4.78 is 11.9. The van der Waals surface area contributed by atoms with Gasteiger partial charge in [-0.1, -0.05) is 34.1 Å². The summed E-state index contributed by atoms with van der Waals surface area (Å²) in [5.41, 5.74) is 8.05. The number of para-hydroxylation sites is 1. The Hall–Kier alpha value is -1.52. The number of rotatable bonds is 5. The van der Waals surface area contributed by atoms with Gasteiger partial charge in [0.15, 0.2) is 0 Å². The first-order valence-electron chi connectivity index (χ1n) is 6.72. The molecule has 1 atom stereocenters. The molecule has 2 aromatic rings. The Morgan fingerprint density at radius 2 is 1.71 bits per heavy atom. The van der Waals surface area contributed by atoms with Gasteiger partial charge in [0, 0.05) is 15.6 Å². The van der Waals surface area contributed by atoms with Gasteiger partial charge in [-0.3, -0.25) is 0 Å². The topological polar surface area (TPSA) is 44.5 Å². The van der Waals surface area contributed by atoms with E-state index in [2.05, 4.69) is 15.9 Å². The number of hydrogen-bond donors (Lipinski definition) is 1. The number of methoxy groups -OCH3 is 2. The third kappa shape index (κ3) is 3.57. The molecule has 112 valence electrons. The van der Waals surface area contributed by atoms with Crippen molar-refractivity contribution >= 4 is 15.9 Å². The quantitative estimate of drug-likeness (QED) is 0.890. The third-order valence-corrected chi connectivity index (χ3v) is 4.02. The minimum atomic E-state index is -0.555. The highest BCUT2D eigenvalue weighted by atomic mass is 79.9. The van der Waals surface area contributed by atoms with Crippen molar-refractivity contribution < 1.29 is 9.47 Å². The van der Waals surface area contributed by atoms with Crippen LogP contribution in [0.25, 0.3) is 0 Å². The summed E-state index contributed by atoms with van der Waals surface area (Å²) in [6.07, 6.45) is 0.649. The molecule has 0 heterocycles. The van der Waals surface area contributed by atoms with Crippen molar-refractivity contribution in [3.63, 3.8) is 0 Å². The summed E-state index contributed by atoms with van der Waals surface area (Å²) in [4.78, 5) is 0. The lowest BCUT2D eigenvalue weighted by Crippen LogP contribution is -2.36. The zero-order valence-electron chi connectivity index (χ0n) is 12.5. The second kappa shape index (κ2) is 6.50. The first-order valence-corrected chi connectivity index (χ1v) is 7.52. The van der Waals surface area contributed by atoms with Crippen molar-refractivity contribution in [1.82, 2.24) is 0 Å². The van der Waals surface area contributed by atoms with Crippen LogP contribution in [0, 0.1) is 0 Å². The molecule has 2 rings (SSSR count). The molecular weight excluding hydrogens is 330 g/mol. The van der Waals surface area contributed by atoms with E-state index in [0.717, 1.165) is 27.1 Å². The van der Waals surface area contributed by atoms with Crippen molar-refractivity contribution in [3.05, 3.63) is 58.1 Å². The molecule has 3 nitrogen and oxygen atoms in total. The van der Waals surface area contributed by atoms with Crippen molar-refractivity contribution in [2.24, 2.45) is 5.73 Å². The summed E-state index contributed by atoms with van der Waals surface area (Å²) in [7, 11) is 3.33. The molecule has 0 spiro atoms. The second-order valence-electron chi connectivity index (χ2n) is 5.25. The van der Waals surface area contributed by atoms with E-state index >= 15 is 0 Å². The van der Waals surface area contributed by atoms with Crippen LogP contribution in [0.15, 0.2) is 46.9 Å². The molecule has 0 aliphatic rings. The van der Waals surface area contributed by atoms with E-state index in [9.17, 15) is 0 Å². The predicted octanol–water partition coefficient (Wildman–Crippen LogP) is 3.88. The monoisotopic (exact) mass is 349 g/mol. The largest absolute Gasteiger partial charge is 0.496 e. The fourth-order valence-electron chi connectivity index (χ4n) is 2.49. The Labute approximate surface area is 134 Å². The first-order chi connectivity index (χ1) is 9.97. The van der Waals surface area contributed by atoms with Gasteiger partial charge in [0.25, 0.3) is 0 Å². The summed E-state index contributed by atoms with van der Waals surface area (Å²) in [5, 5.41) is 0. The fraction of sp³-hybridized carbons (Fsp3) is 0.294. The van der Waals surface area contributed by atoms with Crippen LogP contribution in [0.2, 0.25) is 0 Å². The Balaban J connectivity index is 2.39. The zero-order chi connectivity index (χ0) is 15.5. The van der Waals surface area contributed by atoms with Crippen LogP contribution in [-0.2, 0) is 12.0 Å². The Morgan fingerprint density at radius 3 is 2.38 bits per heavy atom. The highest BCUT2D eigenvalue weighted by Gasteiger charge is 2.26. The minimum absolute atomic E-state index is 0.555. The van der Waals surface area contributed by atoms with Crippen LogP contribution in [0.1, 0.15) is 18.1 Å². The van der Waals surface area contributed by atoms with Gasteiger partial charge < -0.3 is 15.2 Å². The van der Waals surface area contributed by atoms with Gasteiger partial charge in [0.1, 0.15) is 11.5 Å². The molecule has 0 aliphatic heterocycles. The van der Waals surface area contributed by atoms with Crippen LogP contribution in [0.4, 0.5) is 0 Å². The molecular formula is C17H20BrNO2. The number of hydrogen-bond acceptors (Lipinski definition) is 3. The summed E-state index contributed by atoms with van der Waals surface area (Å²) in [6.45, 7) is 2.01.